The average molecular weight is 445 g/mol. The van der Waals surface area contributed by atoms with Gasteiger partial charge in [0.1, 0.15) is 5.82 Å². The molecule has 0 radical (unpaired) electrons. The number of carbonyl (C=O) groups excluding carboxylic acids is 2. The third-order valence-corrected chi connectivity index (χ3v) is 6.09. The zero-order valence-corrected chi connectivity index (χ0v) is 18.0. The third kappa shape index (κ3) is 6.64. The number of rotatable bonds is 9. The summed E-state index contributed by atoms with van der Waals surface area (Å²) in [6.45, 7) is 2.16. The van der Waals surface area contributed by atoms with Crippen LogP contribution in [0.1, 0.15) is 35.7 Å². The van der Waals surface area contributed by atoms with Gasteiger partial charge in [-0.3, -0.25) is 14.9 Å². The van der Waals surface area contributed by atoms with E-state index >= 15 is 0 Å². The van der Waals surface area contributed by atoms with Crippen LogP contribution in [0.3, 0.4) is 0 Å². The Bertz CT molecular complexity index is 991. The van der Waals surface area contributed by atoms with Crippen LogP contribution in [0.5, 0.6) is 0 Å². The maximum absolute atomic E-state index is 12.9. The molecule has 2 amide bonds. The summed E-state index contributed by atoms with van der Waals surface area (Å²) in [5.41, 5.74) is 2.33. The number of hydrogen-bond acceptors (Lipinski definition) is 6. The van der Waals surface area contributed by atoms with E-state index in [2.05, 4.69) is 27.8 Å². The molecule has 0 atom stereocenters. The number of nitrogens with one attached hydrogen (secondary N) is 2. The largest absolute Gasteiger partial charge is 0.325 e. The zero-order valence-electron chi connectivity index (χ0n) is 16.4. The van der Waals surface area contributed by atoms with Crippen molar-refractivity contribution in [1.29, 1.82) is 0 Å². The van der Waals surface area contributed by atoms with E-state index in [0.717, 1.165) is 24.9 Å². The predicted octanol–water partition coefficient (Wildman–Crippen LogP) is 5.00. The summed E-state index contributed by atoms with van der Waals surface area (Å²) in [5.74, 6) is -0.777. The highest BCUT2D eigenvalue weighted by molar-refractivity contribution is 8.01. The van der Waals surface area contributed by atoms with E-state index in [0.29, 0.717) is 15.0 Å². The second-order valence-corrected chi connectivity index (χ2v) is 8.67. The molecule has 156 valence electrons. The van der Waals surface area contributed by atoms with Crippen LogP contribution < -0.4 is 10.6 Å². The minimum absolute atomic E-state index is 0.145. The maximum atomic E-state index is 12.9. The van der Waals surface area contributed by atoms with Gasteiger partial charge < -0.3 is 5.32 Å². The van der Waals surface area contributed by atoms with Gasteiger partial charge in [0.05, 0.1) is 5.75 Å². The number of halogens is 1. The molecule has 2 aromatic carbocycles. The first-order valence-electron chi connectivity index (χ1n) is 9.45. The number of hydrogen-bond donors (Lipinski definition) is 2. The van der Waals surface area contributed by atoms with Crippen LogP contribution in [0, 0.1) is 5.82 Å². The highest BCUT2D eigenvalue weighted by Gasteiger charge is 2.12. The summed E-state index contributed by atoms with van der Waals surface area (Å²) >= 11 is 2.41. The molecule has 1 aromatic heterocycles. The van der Waals surface area contributed by atoms with Crippen molar-refractivity contribution in [2.75, 3.05) is 16.4 Å². The van der Waals surface area contributed by atoms with Gasteiger partial charge in [0.15, 0.2) is 4.34 Å². The molecule has 0 saturated carbocycles. The van der Waals surface area contributed by atoms with E-state index in [-0.39, 0.29) is 11.7 Å². The fourth-order valence-corrected chi connectivity index (χ4v) is 4.10. The monoisotopic (exact) mass is 444 g/mol. The van der Waals surface area contributed by atoms with Gasteiger partial charge in [-0.15, -0.1) is 10.2 Å². The standard InChI is InChI=1S/C21H21FN4O2S2/c1-2-3-4-14-5-11-17(12-6-14)23-18(27)13-29-21-26-25-20(30-21)24-19(28)15-7-9-16(22)10-8-15/h5-12H,2-4,13H2,1H3,(H,23,27)(H,24,25,28). The molecule has 0 fully saturated rings. The van der Waals surface area contributed by atoms with E-state index < -0.39 is 11.7 Å². The van der Waals surface area contributed by atoms with Gasteiger partial charge >= 0.3 is 0 Å². The summed E-state index contributed by atoms with van der Waals surface area (Å²) in [7, 11) is 0. The first-order valence-corrected chi connectivity index (χ1v) is 11.3. The number of thioether (sulfide) groups is 1. The molecule has 2 N–H and O–H groups in total. The van der Waals surface area contributed by atoms with Gasteiger partial charge in [0, 0.05) is 11.3 Å². The van der Waals surface area contributed by atoms with Crippen molar-refractivity contribution in [1.82, 2.24) is 10.2 Å². The van der Waals surface area contributed by atoms with Crippen molar-refractivity contribution in [2.24, 2.45) is 0 Å². The van der Waals surface area contributed by atoms with Crippen molar-refractivity contribution < 1.29 is 14.0 Å². The number of aryl methyl sites for hydroxylation is 1. The van der Waals surface area contributed by atoms with Crippen LogP contribution in [-0.2, 0) is 11.2 Å². The molecule has 0 aliphatic carbocycles. The fraction of sp³-hybridized carbons (Fsp3) is 0.238. The molecular formula is C21H21FN4O2S2. The zero-order chi connectivity index (χ0) is 21.3. The van der Waals surface area contributed by atoms with Crippen LogP contribution in [0.25, 0.3) is 0 Å². The van der Waals surface area contributed by atoms with Gasteiger partial charge in [-0.25, -0.2) is 4.39 Å². The van der Waals surface area contributed by atoms with Gasteiger partial charge in [-0.2, -0.15) is 0 Å². The molecule has 0 aliphatic heterocycles. The van der Waals surface area contributed by atoms with Gasteiger partial charge in [-0.05, 0) is 54.8 Å². The van der Waals surface area contributed by atoms with Crippen LogP contribution in [-0.4, -0.2) is 27.8 Å². The number of nitrogens with zero attached hydrogens (tertiary/aromatic N) is 2. The summed E-state index contributed by atoms with van der Waals surface area (Å²) in [6, 6.07) is 13.1. The number of benzene rings is 2. The molecule has 9 heteroatoms. The molecule has 6 nitrogen and oxygen atoms in total. The number of aromatic nitrogens is 2. The van der Waals surface area contributed by atoms with Crippen LogP contribution >= 0.6 is 23.1 Å². The molecule has 0 spiro atoms. The highest BCUT2D eigenvalue weighted by atomic mass is 32.2. The predicted molar refractivity (Wildman–Crippen MR) is 119 cm³/mol. The van der Waals surface area contributed by atoms with E-state index in [1.54, 1.807) is 0 Å². The lowest BCUT2D eigenvalue weighted by Crippen LogP contribution is -2.13. The maximum Gasteiger partial charge on any atom is 0.257 e. The average Bonchev–Trinajstić information content (AvgIpc) is 3.19. The van der Waals surface area contributed by atoms with Crippen molar-refractivity contribution >= 4 is 45.7 Å². The molecule has 30 heavy (non-hydrogen) atoms. The topological polar surface area (TPSA) is 84.0 Å². The summed E-state index contributed by atoms with van der Waals surface area (Å²) in [4.78, 5) is 24.3. The number of carbonyl (C=O) groups is 2. The first kappa shape index (κ1) is 21.9. The van der Waals surface area contributed by atoms with Crippen molar-refractivity contribution in [3.63, 3.8) is 0 Å². The molecule has 0 bridgehead atoms. The molecule has 0 unspecified atom stereocenters. The number of unbranched alkanes of at least 4 members (excludes halogenated alkanes) is 1. The third-order valence-electron chi connectivity index (χ3n) is 4.12. The Kier molecular flexibility index (Phi) is 7.92. The Labute approximate surface area is 182 Å². The van der Waals surface area contributed by atoms with Crippen LogP contribution in [0.4, 0.5) is 15.2 Å². The molecule has 0 saturated heterocycles. The number of anilines is 2. The minimum Gasteiger partial charge on any atom is -0.325 e. The Morgan fingerprint density at radius 1 is 1.03 bits per heavy atom. The van der Waals surface area contributed by atoms with E-state index in [4.69, 9.17) is 0 Å². The number of amides is 2. The lowest BCUT2D eigenvalue weighted by molar-refractivity contribution is -0.113. The van der Waals surface area contributed by atoms with Gasteiger partial charge in [-0.1, -0.05) is 48.6 Å². The Morgan fingerprint density at radius 3 is 2.47 bits per heavy atom. The van der Waals surface area contributed by atoms with E-state index in [1.165, 1.54) is 52.9 Å². The van der Waals surface area contributed by atoms with Crippen LogP contribution in [0.15, 0.2) is 52.9 Å². The molecular weight excluding hydrogens is 423 g/mol. The first-order chi connectivity index (χ1) is 14.5. The quantitative estimate of drug-likeness (QED) is 0.358. The summed E-state index contributed by atoms with van der Waals surface area (Å²) < 4.78 is 13.5. The Balaban J connectivity index is 1.46. The smallest absolute Gasteiger partial charge is 0.257 e. The second-order valence-electron chi connectivity index (χ2n) is 6.47. The highest BCUT2D eigenvalue weighted by Crippen LogP contribution is 2.26. The van der Waals surface area contributed by atoms with Gasteiger partial charge in [0.25, 0.3) is 5.91 Å². The van der Waals surface area contributed by atoms with Crippen molar-refractivity contribution in [3.8, 4) is 0 Å². The lowest BCUT2D eigenvalue weighted by Gasteiger charge is -2.05. The summed E-state index contributed by atoms with van der Waals surface area (Å²) in [5, 5.41) is 13.7. The van der Waals surface area contributed by atoms with Crippen molar-refractivity contribution in [3.05, 3.63) is 65.5 Å². The molecule has 3 aromatic rings. The molecule has 3 rings (SSSR count). The summed E-state index contributed by atoms with van der Waals surface area (Å²) in [6.07, 6.45) is 3.34. The van der Waals surface area contributed by atoms with E-state index in [9.17, 15) is 14.0 Å². The normalized spacial score (nSPS) is 10.6. The minimum atomic E-state index is -0.410. The second kappa shape index (κ2) is 10.8. The van der Waals surface area contributed by atoms with Gasteiger partial charge in [0.2, 0.25) is 11.0 Å². The molecule has 0 aliphatic rings. The van der Waals surface area contributed by atoms with E-state index in [1.807, 2.05) is 24.3 Å². The Hall–Kier alpha value is -2.78. The lowest BCUT2D eigenvalue weighted by atomic mass is 10.1. The SMILES string of the molecule is CCCCc1ccc(NC(=O)CSc2nnc(NC(=O)c3ccc(F)cc3)s2)cc1. The Morgan fingerprint density at radius 2 is 1.77 bits per heavy atom. The van der Waals surface area contributed by atoms with Crippen molar-refractivity contribution in [2.45, 2.75) is 30.5 Å². The van der Waals surface area contributed by atoms with Crippen LogP contribution in [0.2, 0.25) is 0 Å². The molecule has 1 heterocycles. The fourth-order valence-electron chi connectivity index (χ4n) is 2.55.